The van der Waals surface area contributed by atoms with E-state index < -0.39 is 17.1 Å². The number of benzene rings is 2. The number of carbonyl (C=O) groups excluding carboxylic acids is 3. The van der Waals surface area contributed by atoms with Gasteiger partial charge < -0.3 is 10.1 Å². The van der Waals surface area contributed by atoms with Gasteiger partial charge in [0.2, 0.25) is 5.91 Å². The van der Waals surface area contributed by atoms with Crippen molar-refractivity contribution in [3.05, 3.63) is 63.6 Å². The fraction of sp³-hybridized carbons (Fsp3) is 0.320. The van der Waals surface area contributed by atoms with Crippen LogP contribution in [0.4, 0.5) is 10.5 Å². The van der Waals surface area contributed by atoms with E-state index in [9.17, 15) is 14.4 Å². The monoisotopic (exact) mass is 452 g/mol. The summed E-state index contributed by atoms with van der Waals surface area (Å²) in [7, 11) is 0. The van der Waals surface area contributed by atoms with E-state index in [1.54, 1.807) is 12.1 Å². The van der Waals surface area contributed by atoms with Crippen LogP contribution in [-0.4, -0.2) is 35.1 Å². The lowest BCUT2D eigenvalue weighted by atomic mass is 9.96. The molecule has 32 heavy (non-hydrogen) atoms. The van der Waals surface area contributed by atoms with Crippen molar-refractivity contribution in [1.82, 2.24) is 4.90 Å². The summed E-state index contributed by atoms with van der Waals surface area (Å²) in [6.45, 7) is 10.2. The zero-order valence-electron chi connectivity index (χ0n) is 19.0. The molecule has 0 aliphatic carbocycles. The Morgan fingerprint density at radius 3 is 2.59 bits per heavy atom. The summed E-state index contributed by atoms with van der Waals surface area (Å²) < 4.78 is 5.76. The van der Waals surface area contributed by atoms with Gasteiger partial charge >= 0.3 is 0 Å². The van der Waals surface area contributed by atoms with Crippen LogP contribution < -0.4 is 10.1 Å². The maximum absolute atomic E-state index is 12.9. The minimum absolute atomic E-state index is 0.240. The molecule has 1 aliphatic rings. The Balaban J connectivity index is 1.79. The van der Waals surface area contributed by atoms with Gasteiger partial charge in [-0.3, -0.25) is 19.3 Å². The summed E-state index contributed by atoms with van der Waals surface area (Å²) in [6, 6.07) is 11.3. The SMILES string of the molecule is CCOc1cc(C)c(/C=C2\SC(=O)N(CC(=O)Nc3cccc(C)c3)C2=O)cc1C(C)C. The van der Waals surface area contributed by atoms with Gasteiger partial charge in [0.15, 0.2) is 0 Å². The van der Waals surface area contributed by atoms with Crippen LogP contribution in [0.2, 0.25) is 0 Å². The van der Waals surface area contributed by atoms with Crippen molar-refractivity contribution in [2.75, 3.05) is 18.5 Å². The fourth-order valence-electron chi connectivity index (χ4n) is 3.45. The van der Waals surface area contributed by atoms with Crippen LogP contribution >= 0.6 is 11.8 Å². The number of nitrogens with zero attached hydrogens (tertiary/aromatic N) is 1. The predicted octanol–water partition coefficient (Wildman–Crippen LogP) is 5.50. The summed E-state index contributed by atoms with van der Waals surface area (Å²) in [5, 5.41) is 2.28. The molecule has 1 heterocycles. The lowest BCUT2D eigenvalue weighted by molar-refractivity contribution is -0.127. The third-order valence-electron chi connectivity index (χ3n) is 5.08. The summed E-state index contributed by atoms with van der Waals surface area (Å²) >= 11 is 0.852. The molecule has 0 radical (unpaired) electrons. The van der Waals surface area contributed by atoms with Crippen LogP contribution in [0.25, 0.3) is 6.08 Å². The van der Waals surface area contributed by atoms with E-state index in [0.29, 0.717) is 17.2 Å². The predicted molar refractivity (Wildman–Crippen MR) is 129 cm³/mol. The number of hydrogen-bond acceptors (Lipinski definition) is 5. The number of hydrogen-bond donors (Lipinski definition) is 1. The number of amides is 3. The van der Waals surface area contributed by atoms with Gasteiger partial charge in [0, 0.05) is 5.69 Å². The molecule has 0 bridgehead atoms. The average Bonchev–Trinajstić information content (AvgIpc) is 2.97. The third-order valence-corrected chi connectivity index (χ3v) is 5.99. The second kappa shape index (κ2) is 10.0. The van der Waals surface area contributed by atoms with Gasteiger partial charge in [-0.05, 0) is 91.0 Å². The molecule has 3 rings (SSSR count). The van der Waals surface area contributed by atoms with E-state index in [0.717, 1.165) is 44.7 Å². The Labute approximate surface area is 193 Å². The first-order chi connectivity index (χ1) is 15.2. The maximum atomic E-state index is 12.9. The van der Waals surface area contributed by atoms with Crippen molar-refractivity contribution < 1.29 is 19.1 Å². The number of aryl methyl sites for hydroxylation is 2. The number of carbonyl (C=O) groups is 3. The van der Waals surface area contributed by atoms with Crippen molar-refractivity contribution in [3.63, 3.8) is 0 Å². The number of rotatable bonds is 7. The molecule has 0 aromatic heterocycles. The molecule has 2 aromatic rings. The maximum Gasteiger partial charge on any atom is 0.294 e. The number of ether oxygens (including phenoxy) is 1. The Morgan fingerprint density at radius 2 is 1.94 bits per heavy atom. The normalized spacial score (nSPS) is 15.1. The van der Waals surface area contributed by atoms with Gasteiger partial charge in [-0.2, -0.15) is 0 Å². The Bertz CT molecular complexity index is 1090. The molecule has 0 unspecified atom stereocenters. The molecule has 1 saturated heterocycles. The number of anilines is 1. The lowest BCUT2D eigenvalue weighted by Gasteiger charge is -2.16. The van der Waals surface area contributed by atoms with Gasteiger partial charge in [0.1, 0.15) is 12.3 Å². The third kappa shape index (κ3) is 5.40. The summed E-state index contributed by atoms with van der Waals surface area (Å²) in [6.07, 6.45) is 1.72. The lowest BCUT2D eigenvalue weighted by Crippen LogP contribution is -2.36. The Hall–Kier alpha value is -3.06. The standard InChI is InChI=1S/C25H28N2O4S/c1-6-31-21-11-17(5)18(12-20(21)15(2)3)13-22-24(29)27(25(30)32-22)14-23(28)26-19-9-7-8-16(4)10-19/h7-13,15H,6,14H2,1-5H3,(H,26,28)/b22-13-. The molecule has 1 aliphatic heterocycles. The van der Waals surface area contributed by atoms with Crippen LogP contribution in [0.3, 0.4) is 0 Å². The van der Waals surface area contributed by atoms with Gasteiger partial charge in [0.25, 0.3) is 11.1 Å². The van der Waals surface area contributed by atoms with E-state index in [-0.39, 0.29) is 12.5 Å². The smallest absolute Gasteiger partial charge is 0.294 e. The molecule has 1 fully saturated rings. The second-order valence-electron chi connectivity index (χ2n) is 8.02. The van der Waals surface area contributed by atoms with E-state index in [2.05, 4.69) is 19.2 Å². The summed E-state index contributed by atoms with van der Waals surface area (Å²) in [4.78, 5) is 39.0. The van der Waals surface area contributed by atoms with Gasteiger partial charge in [0.05, 0.1) is 11.5 Å². The highest BCUT2D eigenvalue weighted by Crippen LogP contribution is 2.35. The highest BCUT2D eigenvalue weighted by atomic mass is 32.2. The van der Waals surface area contributed by atoms with Crippen molar-refractivity contribution in [2.45, 2.75) is 40.5 Å². The van der Waals surface area contributed by atoms with Gasteiger partial charge in [-0.15, -0.1) is 0 Å². The largest absolute Gasteiger partial charge is 0.494 e. The molecule has 0 spiro atoms. The Morgan fingerprint density at radius 1 is 1.19 bits per heavy atom. The van der Waals surface area contributed by atoms with Crippen LogP contribution in [0.5, 0.6) is 5.75 Å². The van der Waals surface area contributed by atoms with Crippen LogP contribution in [-0.2, 0) is 9.59 Å². The van der Waals surface area contributed by atoms with E-state index >= 15 is 0 Å². The molecule has 168 valence electrons. The Kier molecular flexibility index (Phi) is 7.40. The van der Waals surface area contributed by atoms with Crippen molar-refractivity contribution in [1.29, 1.82) is 0 Å². The van der Waals surface area contributed by atoms with Crippen LogP contribution in [0.15, 0.2) is 41.3 Å². The van der Waals surface area contributed by atoms with Gasteiger partial charge in [-0.25, -0.2) is 0 Å². The second-order valence-corrected chi connectivity index (χ2v) is 9.01. The van der Waals surface area contributed by atoms with Crippen molar-refractivity contribution >= 4 is 40.6 Å². The number of imide groups is 1. The highest BCUT2D eigenvalue weighted by molar-refractivity contribution is 8.18. The first kappa shape index (κ1) is 23.6. The zero-order valence-corrected chi connectivity index (χ0v) is 19.8. The molecule has 1 N–H and O–H groups in total. The van der Waals surface area contributed by atoms with Crippen LogP contribution in [0.1, 0.15) is 48.9 Å². The zero-order chi connectivity index (χ0) is 23.4. The van der Waals surface area contributed by atoms with Crippen LogP contribution in [0, 0.1) is 13.8 Å². The fourth-order valence-corrected chi connectivity index (χ4v) is 4.28. The van der Waals surface area contributed by atoms with E-state index in [4.69, 9.17) is 4.74 Å². The molecular formula is C25H28N2O4S. The van der Waals surface area contributed by atoms with Crippen molar-refractivity contribution in [2.24, 2.45) is 0 Å². The number of nitrogens with one attached hydrogen (secondary N) is 1. The number of thioether (sulfide) groups is 1. The summed E-state index contributed by atoms with van der Waals surface area (Å²) in [5.74, 6) is 0.194. The average molecular weight is 453 g/mol. The molecule has 0 saturated carbocycles. The molecule has 2 aromatic carbocycles. The topological polar surface area (TPSA) is 75.7 Å². The first-order valence-electron chi connectivity index (χ1n) is 10.6. The highest BCUT2D eigenvalue weighted by Gasteiger charge is 2.36. The molecule has 6 nitrogen and oxygen atoms in total. The molecular weight excluding hydrogens is 424 g/mol. The molecule has 3 amide bonds. The molecule has 0 atom stereocenters. The van der Waals surface area contributed by atoms with Crippen molar-refractivity contribution in [3.8, 4) is 5.75 Å². The van der Waals surface area contributed by atoms with Gasteiger partial charge in [-0.1, -0.05) is 26.0 Å². The first-order valence-corrected chi connectivity index (χ1v) is 11.4. The summed E-state index contributed by atoms with van der Waals surface area (Å²) in [5.41, 5.74) is 4.47. The minimum atomic E-state index is -0.459. The quantitative estimate of drug-likeness (QED) is 0.562. The molecule has 7 heteroatoms. The van der Waals surface area contributed by atoms with E-state index in [1.807, 2.05) is 51.1 Å². The van der Waals surface area contributed by atoms with E-state index in [1.165, 1.54) is 0 Å². The minimum Gasteiger partial charge on any atom is -0.494 e.